The van der Waals surface area contributed by atoms with E-state index in [9.17, 15) is 4.79 Å². The van der Waals surface area contributed by atoms with Crippen LogP contribution in [-0.2, 0) is 24.2 Å². The number of rotatable bonds is 6. The van der Waals surface area contributed by atoms with Crippen LogP contribution in [0.2, 0.25) is 0 Å². The number of hydrogen-bond donors (Lipinski definition) is 2. The minimum atomic E-state index is -0.00602. The van der Waals surface area contributed by atoms with Gasteiger partial charge in [0.15, 0.2) is 18.4 Å². The molecule has 1 aromatic carbocycles. The molecule has 0 saturated heterocycles. The molecule has 1 atom stereocenters. The fraction of sp³-hybridized carbons (Fsp3) is 0.524. The standard InChI is InChI=1S/C21H29N7O2/c1-3-18-25-19-10-9-15(13-28(19)26-18)24-21(22-2)23-11-6-12-27-16-7-4-5-8-17(16)30-14-20(27)29/h4-5,7-8,15H,3,6,9-14H2,1-2H3,(H2,22,23,24). The Morgan fingerprint density at radius 2 is 2.23 bits per heavy atom. The van der Waals surface area contributed by atoms with Gasteiger partial charge in [0.25, 0.3) is 5.91 Å². The van der Waals surface area contributed by atoms with Gasteiger partial charge >= 0.3 is 0 Å². The van der Waals surface area contributed by atoms with E-state index in [1.165, 1.54) is 0 Å². The maximum absolute atomic E-state index is 12.3. The lowest BCUT2D eigenvalue weighted by atomic mass is 10.1. The van der Waals surface area contributed by atoms with Crippen LogP contribution in [-0.4, -0.2) is 59.4 Å². The Balaban J connectivity index is 1.25. The van der Waals surface area contributed by atoms with Crippen molar-refractivity contribution in [1.82, 2.24) is 25.4 Å². The highest BCUT2D eigenvalue weighted by molar-refractivity contribution is 5.97. The molecule has 0 aliphatic carbocycles. The monoisotopic (exact) mass is 411 g/mol. The predicted molar refractivity (Wildman–Crippen MR) is 115 cm³/mol. The lowest BCUT2D eigenvalue weighted by molar-refractivity contribution is -0.121. The third-order valence-electron chi connectivity index (χ3n) is 5.44. The average Bonchev–Trinajstić information content (AvgIpc) is 3.19. The van der Waals surface area contributed by atoms with E-state index < -0.39 is 0 Å². The van der Waals surface area contributed by atoms with E-state index in [0.29, 0.717) is 13.1 Å². The molecule has 9 heteroatoms. The first-order valence-electron chi connectivity index (χ1n) is 10.6. The lowest BCUT2D eigenvalue weighted by Gasteiger charge is -2.29. The molecule has 2 aliphatic heterocycles. The van der Waals surface area contributed by atoms with Crippen molar-refractivity contribution < 1.29 is 9.53 Å². The average molecular weight is 412 g/mol. The minimum Gasteiger partial charge on any atom is -0.482 e. The number of anilines is 1. The van der Waals surface area contributed by atoms with Gasteiger partial charge in [0.1, 0.15) is 11.6 Å². The number of aromatic nitrogens is 3. The van der Waals surface area contributed by atoms with Crippen molar-refractivity contribution >= 4 is 17.6 Å². The van der Waals surface area contributed by atoms with Gasteiger partial charge < -0.3 is 20.3 Å². The van der Waals surface area contributed by atoms with Crippen molar-refractivity contribution in [3.8, 4) is 5.75 Å². The van der Waals surface area contributed by atoms with Crippen LogP contribution in [0.1, 0.15) is 31.4 Å². The Morgan fingerprint density at radius 3 is 3.07 bits per heavy atom. The Kier molecular flexibility index (Phi) is 6.15. The van der Waals surface area contributed by atoms with Gasteiger partial charge in [0.2, 0.25) is 0 Å². The maximum Gasteiger partial charge on any atom is 0.265 e. The Labute approximate surface area is 176 Å². The van der Waals surface area contributed by atoms with E-state index >= 15 is 0 Å². The number of amides is 1. The summed E-state index contributed by atoms with van der Waals surface area (Å²) < 4.78 is 7.51. The van der Waals surface area contributed by atoms with E-state index in [1.807, 2.05) is 28.9 Å². The summed E-state index contributed by atoms with van der Waals surface area (Å²) in [5.41, 5.74) is 0.841. The van der Waals surface area contributed by atoms with Gasteiger partial charge in [-0.1, -0.05) is 19.1 Å². The molecule has 4 rings (SSSR count). The number of ether oxygens (including phenoxy) is 1. The molecule has 9 nitrogen and oxygen atoms in total. The zero-order valence-electron chi connectivity index (χ0n) is 17.6. The molecule has 2 aromatic rings. The fourth-order valence-corrected chi connectivity index (χ4v) is 3.86. The van der Waals surface area contributed by atoms with Gasteiger partial charge in [0.05, 0.1) is 12.2 Å². The largest absolute Gasteiger partial charge is 0.482 e. The summed E-state index contributed by atoms with van der Waals surface area (Å²) in [6, 6.07) is 7.92. The van der Waals surface area contributed by atoms with Crippen LogP contribution >= 0.6 is 0 Å². The summed E-state index contributed by atoms with van der Waals surface area (Å²) in [7, 11) is 1.77. The number of guanidine groups is 1. The van der Waals surface area contributed by atoms with Crippen molar-refractivity contribution in [3.05, 3.63) is 35.9 Å². The molecule has 0 spiro atoms. The summed E-state index contributed by atoms with van der Waals surface area (Å²) in [6.07, 6.45) is 3.58. The highest BCUT2D eigenvalue weighted by Gasteiger charge is 2.25. The van der Waals surface area contributed by atoms with E-state index in [-0.39, 0.29) is 18.6 Å². The number of benzene rings is 1. The Hall–Kier alpha value is -3.10. The van der Waals surface area contributed by atoms with Gasteiger partial charge in [-0.2, -0.15) is 5.10 Å². The molecule has 2 N–H and O–H groups in total. The zero-order valence-corrected chi connectivity index (χ0v) is 17.6. The summed E-state index contributed by atoms with van der Waals surface area (Å²) in [4.78, 5) is 23.0. The third-order valence-corrected chi connectivity index (χ3v) is 5.44. The molecule has 2 aliphatic rings. The van der Waals surface area contributed by atoms with Gasteiger partial charge in [0, 0.05) is 39.0 Å². The number of para-hydroxylation sites is 2. The van der Waals surface area contributed by atoms with E-state index in [2.05, 4.69) is 32.6 Å². The lowest BCUT2D eigenvalue weighted by Crippen LogP contribution is -2.47. The van der Waals surface area contributed by atoms with Crippen molar-refractivity contribution in [2.75, 3.05) is 31.6 Å². The van der Waals surface area contributed by atoms with Gasteiger partial charge in [-0.3, -0.25) is 9.79 Å². The van der Waals surface area contributed by atoms with Crippen molar-refractivity contribution in [1.29, 1.82) is 0 Å². The molecular formula is C21H29N7O2. The molecule has 0 radical (unpaired) electrons. The third kappa shape index (κ3) is 4.39. The molecule has 1 unspecified atom stereocenters. The molecule has 160 valence electrons. The minimum absolute atomic E-state index is 0.00602. The first-order chi connectivity index (χ1) is 14.7. The second-order valence-electron chi connectivity index (χ2n) is 7.51. The van der Waals surface area contributed by atoms with Gasteiger partial charge in [-0.25, -0.2) is 9.67 Å². The molecule has 1 aromatic heterocycles. The summed E-state index contributed by atoms with van der Waals surface area (Å²) in [5, 5.41) is 11.4. The molecule has 1 amide bonds. The summed E-state index contributed by atoms with van der Waals surface area (Å²) in [5.74, 6) is 3.51. The van der Waals surface area contributed by atoms with E-state index in [1.54, 1.807) is 11.9 Å². The molecule has 0 bridgehead atoms. The predicted octanol–water partition coefficient (Wildman–Crippen LogP) is 1.14. The highest BCUT2D eigenvalue weighted by atomic mass is 16.5. The number of carbonyl (C=O) groups is 1. The van der Waals surface area contributed by atoms with E-state index in [4.69, 9.17) is 4.74 Å². The number of aliphatic imine (C=N–C) groups is 1. The normalized spacial score (nSPS) is 18.5. The number of carbonyl (C=O) groups excluding carboxylic acids is 1. The van der Waals surface area contributed by atoms with Crippen molar-refractivity contribution in [2.45, 2.75) is 45.2 Å². The SMILES string of the molecule is CCc1nc2n(n1)CC(NC(=NC)NCCCN1C(=O)COc3ccccc31)CC2. The molecule has 30 heavy (non-hydrogen) atoms. The van der Waals surface area contributed by atoms with Crippen LogP contribution in [0, 0.1) is 0 Å². The Bertz CT molecular complexity index is 924. The van der Waals surface area contributed by atoms with Crippen LogP contribution in [0.3, 0.4) is 0 Å². The number of nitrogens with zero attached hydrogens (tertiary/aromatic N) is 5. The first kappa shape index (κ1) is 20.2. The second-order valence-corrected chi connectivity index (χ2v) is 7.51. The zero-order chi connectivity index (χ0) is 20.9. The summed E-state index contributed by atoms with van der Waals surface area (Å²) >= 11 is 0. The van der Waals surface area contributed by atoms with Crippen LogP contribution in [0.25, 0.3) is 0 Å². The number of hydrogen-bond acceptors (Lipinski definition) is 5. The van der Waals surface area contributed by atoms with Crippen molar-refractivity contribution in [2.24, 2.45) is 4.99 Å². The fourth-order valence-electron chi connectivity index (χ4n) is 3.86. The highest BCUT2D eigenvalue weighted by Crippen LogP contribution is 2.31. The molecule has 3 heterocycles. The number of fused-ring (bicyclic) bond motifs is 2. The first-order valence-corrected chi connectivity index (χ1v) is 10.6. The molecule has 0 fully saturated rings. The second kappa shape index (κ2) is 9.15. The van der Waals surface area contributed by atoms with Crippen molar-refractivity contribution in [3.63, 3.8) is 0 Å². The van der Waals surface area contributed by atoms with Crippen LogP contribution in [0.15, 0.2) is 29.3 Å². The molecular weight excluding hydrogens is 382 g/mol. The number of aryl methyl sites for hydroxylation is 2. The summed E-state index contributed by atoms with van der Waals surface area (Å²) in [6.45, 7) is 4.32. The topological polar surface area (TPSA) is 96.7 Å². The van der Waals surface area contributed by atoms with Crippen LogP contribution in [0.5, 0.6) is 5.75 Å². The number of nitrogens with one attached hydrogen (secondary N) is 2. The van der Waals surface area contributed by atoms with Gasteiger partial charge in [-0.05, 0) is 25.0 Å². The van der Waals surface area contributed by atoms with Crippen LogP contribution in [0.4, 0.5) is 5.69 Å². The Morgan fingerprint density at radius 1 is 1.37 bits per heavy atom. The van der Waals surface area contributed by atoms with Crippen LogP contribution < -0.4 is 20.3 Å². The van der Waals surface area contributed by atoms with E-state index in [0.717, 1.165) is 61.3 Å². The maximum atomic E-state index is 12.3. The quantitative estimate of drug-likeness (QED) is 0.420. The smallest absolute Gasteiger partial charge is 0.265 e. The van der Waals surface area contributed by atoms with Gasteiger partial charge in [-0.15, -0.1) is 0 Å². The molecule has 0 saturated carbocycles.